The number of rotatable bonds is 4. The lowest BCUT2D eigenvalue weighted by Gasteiger charge is -2.36. The van der Waals surface area contributed by atoms with Crippen LogP contribution in [-0.2, 0) is 11.3 Å². The number of nitrogens with zero attached hydrogens (tertiary/aromatic N) is 1. The van der Waals surface area contributed by atoms with E-state index < -0.39 is 0 Å². The third-order valence-electron chi connectivity index (χ3n) is 3.78. The second-order valence-corrected chi connectivity index (χ2v) is 5.10. The molecule has 1 fully saturated rings. The van der Waals surface area contributed by atoms with E-state index in [1.54, 1.807) is 7.11 Å². The summed E-state index contributed by atoms with van der Waals surface area (Å²) in [5.74, 6) is 1.09. The van der Waals surface area contributed by atoms with Crippen LogP contribution in [0.4, 0.5) is 0 Å². The summed E-state index contributed by atoms with van der Waals surface area (Å²) in [6.07, 6.45) is 3.25. The summed E-state index contributed by atoms with van der Waals surface area (Å²) in [4.78, 5) is 13.3. The Morgan fingerprint density at radius 3 is 2.67 bits per heavy atom. The second kappa shape index (κ2) is 6.01. The summed E-state index contributed by atoms with van der Waals surface area (Å²) < 4.78 is 5.15. The zero-order valence-electron chi connectivity index (χ0n) is 11.1. The summed E-state index contributed by atoms with van der Waals surface area (Å²) in [6.45, 7) is 4.04. The van der Waals surface area contributed by atoms with Crippen molar-refractivity contribution in [2.24, 2.45) is 5.92 Å². The van der Waals surface area contributed by atoms with E-state index in [0.29, 0.717) is 6.04 Å². The van der Waals surface area contributed by atoms with Crippen LogP contribution in [0.25, 0.3) is 0 Å². The monoisotopic (exact) mass is 247 g/mol. The molecule has 0 aliphatic carbocycles. The molecule has 18 heavy (non-hydrogen) atoms. The maximum absolute atomic E-state index is 10.9. The van der Waals surface area contributed by atoms with Crippen molar-refractivity contribution in [3.63, 3.8) is 0 Å². The number of carbonyl (C=O) groups is 1. The number of methoxy groups -OCH3 is 1. The van der Waals surface area contributed by atoms with Gasteiger partial charge in [0.15, 0.2) is 0 Å². The van der Waals surface area contributed by atoms with E-state index in [4.69, 9.17) is 4.74 Å². The first-order chi connectivity index (χ1) is 8.72. The zero-order chi connectivity index (χ0) is 13.0. The Kier molecular flexibility index (Phi) is 4.37. The Morgan fingerprint density at radius 2 is 2.06 bits per heavy atom. The van der Waals surface area contributed by atoms with E-state index in [-0.39, 0.29) is 5.92 Å². The van der Waals surface area contributed by atoms with Gasteiger partial charge < -0.3 is 9.53 Å². The minimum absolute atomic E-state index is 0.208. The summed E-state index contributed by atoms with van der Waals surface area (Å²) in [7, 11) is 1.68. The number of likely N-dealkylation sites (tertiary alicyclic amines) is 1. The molecule has 0 spiro atoms. The summed E-state index contributed by atoms with van der Waals surface area (Å²) in [5.41, 5.74) is 1.27. The Bertz CT molecular complexity index is 388. The summed E-state index contributed by atoms with van der Waals surface area (Å²) in [6, 6.07) is 8.72. The molecule has 0 radical (unpaired) electrons. The lowest BCUT2D eigenvalue weighted by Crippen LogP contribution is -2.41. The van der Waals surface area contributed by atoms with Crippen molar-refractivity contribution in [3.8, 4) is 5.75 Å². The van der Waals surface area contributed by atoms with Gasteiger partial charge in [-0.2, -0.15) is 0 Å². The molecule has 98 valence electrons. The van der Waals surface area contributed by atoms with Gasteiger partial charge in [0.05, 0.1) is 7.11 Å². The van der Waals surface area contributed by atoms with Crippen LogP contribution in [0.2, 0.25) is 0 Å². The molecule has 0 aromatic heterocycles. The van der Waals surface area contributed by atoms with Crippen LogP contribution < -0.4 is 4.74 Å². The number of carbonyl (C=O) groups excluding carboxylic acids is 1. The average Bonchev–Trinajstić information content (AvgIpc) is 2.42. The van der Waals surface area contributed by atoms with Crippen molar-refractivity contribution in [1.29, 1.82) is 0 Å². The van der Waals surface area contributed by atoms with Crippen molar-refractivity contribution < 1.29 is 9.53 Å². The highest BCUT2D eigenvalue weighted by Gasteiger charge is 2.24. The number of benzene rings is 1. The fraction of sp³-hybridized carbons (Fsp3) is 0.533. The molecule has 0 unspecified atom stereocenters. The van der Waals surface area contributed by atoms with Crippen LogP contribution in [-0.4, -0.2) is 30.9 Å². The number of aldehydes is 1. The van der Waals surface area contributed by atoms with E-state index in [1.807, 2.05) is 12.1 Å². The Balaban J connectivity index is 1.99. The first-order valence-electron chi connectivity index (χ1n) is 6.55. The maximum atomic E-state index is 10.9. The van der Waals surface area contributed by atoms with E-state index in [9.17, 15) is 4.79 Å². The predicted molar refractivity (Wildman–Crippen MR) is 71.7 cm³/mol. The molecule has 0 amide bonds. The summed E-state index contributed by atoms with van der Waals surface area (Å²) in [5, 5.41) is 0. The average molecular weight is 247 g/mol. The highest BCUT2D eigenvalue weighted by molar-refractivity contribution is 5.54. The Labute approximate surface area is 109 Å². The third kappa shape index (κ3) is 3.10. The number of piperidine rings is 1. The van der Waals surface area contributed by atoms with Gasteiger partial charge in [-0.1, -0.05) is 12.1 Å². The summed E-state index contributed by atoms with van der Waals surface area (Å²) >= 11 is 0. The van der Waals surface area contributed by atoms with Gasteiger partial charge in [0.1, 0.15) is 12.0 Å². The van der Waals surface area contributed by atoms with Gasteiger partial charge in [-0.05, 0) is 37.5 Å². The minimum atomic E-state index is 0.208. The quantitative estimate of drug-likeness (QED) is 0.766. The third-order valence-corrected chi connectivity index (χ3v) is 3.78. The van der Waals surface area contributed by atoms with E-state index in [2.05, 4.69) is 24.0 Å². The Morgan fingerprint density at radius 1 is 1.33 bits per heavy atom. The van der Waals surface area contributed by atoms with Crippen molar-refractivity contribution in [1.82, 2.24) is 4.90 Å². The van der Waals surface area contributed by atoms with Crippen LogP contribution in [0, 0.1) is 5.92 Å². The molecule has 1 aliphatic heterocycles. The lowest BCUT2D eigenvalue weighted by atomic mass is 9.94. The normalized spacial score (nSPS) is 24.8. The molecule has 1 saturated heterocycles. The maximum Gasteiger partial charge on any atom is 0.124 e. The van der Waals surface area contributed by atoms with Crippen LogP contribution in [0.3, 0.4) is 0 Å². The molecule has 3 nitrogen and oxygen atoms in total. The van der Waals surface area contributed by atoms with Gasteiger partial charge in [-0.25, -0.2) is 0 Å². The van der Waals surface area contributed by atoms with Crippen LogP contribution >= 0.6 is 0 Å². The lowest BCUT2D eigenvalue weighted by molar-refractivity contribution is -0.113. The van der Waals surface area contributed by atoms with Crippen LogP contribution in [0.1, 0.15) is 25.3 Å². The number of ether oxygens (including phenoxy) is 1. The molecule has 1 aliphatic rings. The molecule has 1 heterocycles. The van der Waals surface area contributed by atoms with Crippen LogP contribution in [0.5, 0.6) is 5.75 Å². The zero-order valence-corrected chi connectivity index (χ0v) is 11.1. The predicted octanol–water partition coefficient (Wildman–Crippen LogP) is 2.49. The number of hydrogen-bond acceptors (Lipinski definition) is 3. The molecule has 0 N–H and O–H groups in total. The smallest absolute Gasteiger partial charge is 0.124 e. The Hall–Kier alpha value is -1.35. The van der Waals surface area contributed by atoms with Crippen molar-refractivity contribution >= 4 is 6.29 Å². The minimum Gasteiger partial charge on any atom is -0.497 e. The van der Waals surface area contributed by atoms with Gasteiger partial charge in [-0.15, -0.1) is 0 Å². The van der Waals surface area contributed by atoms with E-state index in [0.717, 1.165) is 38.0 Å². The first-order valence-corrected chi connectivity index (χ1v) is 6.55. The molecule has 0 bridgehead atoms. The van der Waals surface area contributed by atoms with Gasteiger partial charge in [0.2, 0.25) is 0 Å². The number of hydrogen-bond donors (Lipinski definition) is 0. The SMILES string of the molecule is COc1ccc(CN2C[C@H](C=O)CC[C@H]2C)cc1. The highest BCUT2D eigenvalue weighted by Crippen LogP contribution is 2.23. The molecular formula is C15H21NO2. The molecule has 2 rings (SSSR count). The van der Waals surface area contributed by atoms with E-state index in [1.165, 1.54) is 5.56 Å². The van der Waals surface area contributed by atoms with Gasteiger partial charge in [0.25, 0.3) is 0 Å². The highest BCUT2D eigenvalue weighted by atomic mass is 16.5. The van der Waals surface area contributed by atoms with Gasteiger partial charge in [-0.3, -0.25) is 4.90 Å². The largest absolute Gasteiger partial charge is 0.497 e. The second-order valence-electron chi connectivity index (χ2n) is 5.10. The molecule has 3 heteroatoms. The van der Waals surface area contributed by atoms with Crippen molar-refractivity contribution in [2.45, 2.75) is 32.4 Å². The topological polar surface area (TPSA) is 29.5 Å². The fourth-order valence-electron chi connectivity index (χ4n) is 2.51. The van der Waals surface area contributed by atoms with Crippen LogP contribution in [0.15, 0.2) is 24.3 Å². The van der Waals surface area contributed by atoms with Crippen molar-refractivity contribution in [3.05, 3.63) is 29.8 Å². The van der Waals surface area contributed by atoms with Gasteiger partial charge in [0, 0.05) is 25.0 Å². The van der Waals surface area contributed by atoms with Crippen molar-refractivity contribution in [2.75, 3.05) is 13.7 Å². The molecule has 1 aromatic carbocycles. The molecule has 1 aromatic rings. The first kappa shape index (κ1) is 13.1. The standard InChI is InChI=1S/C15H21NO2/c1-12-3-4-14(11-17)10-16(12)9-13-5-7-15(18-2)8-6-13/h5-8,11-12,14H,3-4,9-10H2,1-2H3/t12-,14-/m1/s1. The van der Waals surface area contributed by atoms with Gasteiger partial charge >= 0.3 is 0 Å². The fourth-order valence-corrected chi connectivity index (χ4v) is 2.51. The van der Waals surface area contributed by atoms with E-state index >= 15 is 0 Å². The molecule has 2 atom stereocenters. The molecular weight excluding hydrogens is 226 g/mol. The molecule has 0 saturated carbocycles.